The highest BCUT2D eigenvalue weighted by atomic mass is 16.5. The number of nitrogens with one attached hydrogen (secondary N) is 1. The molecule has 1 amide bonds. The van der Waals surface area contributed by atoms with Crippen LogP contribution in [0.3, 0.4) is 0 Å². The standard InChI is InChI=1S/C17H19NO4/c19-16(20)10-22-14-3-1-2-12(7-14)9-18-17(21)15-8-11-4-5-13(15)6-11/h1-5,7,11,13,15H,6,8-10H2,(H,18,21)(H,19,20). The highest BCUT2D eigenvalue weighted by Gasteiger charge is 2.39. The summed E-state index contributed by atoms with van der Waals surface area (Å²) in [4.78, 5) is 22.7. The van der Waals surface area contributed by atoms with E-state index < -0.39 is 5.97 Å². The second kappa shape index (κ2) is 6.22. The summed E-state index contributed by atoms with van der Waals surface area (Å²) >= 11 is 0. The van der Waals surface area contributed by atoms with Crippen LogP contribution < -0.4 is 10.1 Å². The van der Waals surface area contributed by atoms with Gasteiger partial charge in [0, 0.05) is 12.5 Å². The van der Waals surface area contributed by atoms with Crippen LogP contribution in [0.15, 0.2) is 36.4 Å². The molecule has 0 aromatic heterocycles. The quantitative estimate of drug-likeness (QED) is 0.788. The van der Waals surface area contributed by atoms with Crippen molar-refractivity contribution < 1.29 is 19.4 Å². The number of hydrogen-bond acceptors (Lipinski definition) is 3. The van der Waals surface area contributed by atoms with Crippen LogP contribution in [0.2, 0.25) is 0 Å². The molecule has 116 valence electrons. The molecule has 5 nitrogen and oxygen atoms in total. The maximum Gasteiger partial charge on any atom is 0.341 e. The number of fused-ring (bicyclic) bond motifs is 2. The van der Waals surface area contributed by atoms with Gasteiger partial charge in [-0.3, -0.25) is 4.79 Å². The van der Waals surface area contributed by atoms with Gasteiger partial charge in [0.05, 0.1) is 0 Å². The van der Waals surface area contributed by atoms with Crippen molar-refractivity contribution in [2.45, 2.75) is 19.4 Å². The monoisotopic (exact) mass is 301 g/mol. The Hall–Kier alpha value is -2.30. The maximum atomic E-state index is 12.3. The molecule has 0 aliphatic heterocycles. The number of ether oxygens (including phenoxy) is 1. The van der Waals surface area contributed by atoms with Crippen molar-refractivity contribution in [1.29, 1.82) is 0 Å². The number of carbonyl (C=O) groups is 2. The SMILES string of the molecule is O=C(O)COc1cccc(CNC(=O)C2CC3C=CC2C3)c1. The second-order valence-corrected chi connectivity index (χ2v) is 5.93. The van der Waals surface area contributed by atoms with Gasteiger partial charge in [0.15, 0.2) is 6.61 Å². The zero-order valence-corrected chi connectivity index (χ0v) is 12.2. The average Bonchev–Trinajstić information content (AvgIpc) is 3.14. The molecule has 2 aliphatic carbocycles. The largest absolute Gasteiger partial charge is 0.482 e. The minimum Gasteiger partial charge on any atom is -0.482 e. The zero-order valence-electron chi connectivity index (χ0n) is 12.2. The van der Waals surface area contributed by atoms with Crippen molar-refractivity contribution in [2.75, 3.05) is 6.61 Å². The molecule has 3 rings (SSSR count). The fourth-order valence-corrected chi connectivity index (χ4v) is 3.29. The Kier molecular flexibility index (Phi) is 4.13. The molecular weight excluding hydrogens is 282 g/mol. The molecule has 0 spiro atoms. The van der Waals surface area contributed by atoms with Gasteiger partial charge < -0.3 is 15.2 Å². The fraction of sp³-hybridized carbons (Fsp3) is 0.412. The molecule has 1 aromatic carbocycles. The highest BCUT2D eigenvalue weighted by Crippen LogP contribution is 2.43. The van der Waals surface area contributed by atoms with E-state index in [9.17, 15) is 9.59 Å². The van der Waals surface area contributed by atoms with E-state index in [1.807, 2.05) is 6.07 Å². The van der Waals surface area contributed by atoms with Gasteiger partial charge in [0.2, 0.25) is 5.91 Å². The number of carboxylic acid groups (broad SMARTS) is 1. The normalized spacial score (nSPS) is 25.2. The summed E-state index contributed by atoms with van der Waals surface area (Å²) in [5.74, 6) is 0.666. The van der Waals surface area contributed by atoms with Gasteiger partial charge in [-0.2, -0.15) is 0 Å². The van der Waals surface area contributed by atoms with Gasteiger partial charge in [-0.25, -0.2) is 4.79 Å². The van der Waals surface area contributed by atoms with E-state index in [1.165, 1.54) is 0 Å². The first-order valence-electron chi connectivity index (χ1n) is 7.51. The third-order valence-corrected chi connectivity index (χ3v) is 4.34. The van der Waals surface area contributed by atoms with Crippen molar-refractivity contribution >= 4 is 11.9 Å². The van der Waals surface area contributed by atoms with Gasteiger partial charge in [0.25, 0.3) is 0 Å². The van der Waals surface area contributed by atoms with Crippen LogP contribution in [-0.2, 0) is 16.1 Å². The fourth-order valence-electron chi connectivity index (χ4n) is 3.29. The molecule has 2 N–H and O–H groups in total. The maximum absolute atomic E-state index is 12.3. The molecule has 5 heteroatoms. The molecule has 1 fully saturated rings. The van der Waals surface area contributed by atoms with E-state index in [-0.39, 0.29) is 18.4 Å². The van der Waals surface area contributed by atoms with Gasteiger partial charge >= 0.3 is 5.97 Å². The second-order valence-electron chi connectivity index (χ2n) is 5.93. The van der Waals surface area contributed by atoms with Gasteiger partial charge in [-0.1, -0.05) is 24.3 Å². The summed E-state index contributed by atoms with van der Waals surface area (Å²) in [6.07, 6.45) is 6.45. The molecule has 2 aliphatic rings. The number of allylic oxidation sites excluding steroid dienone is 2. The molecule has 3 atom stereocenters. The lowest BCUT2D eigenvalue weighted by atomic mass is 9.93. The summed E-state index contributed by atoms with van der Waals surface area (Å²) < 4.78 is 5.13. The molecule has 22 heavy (non-hydrogen) atoms. The number of hydrogen-bond donors (Lipinski definition) is 2. The first-order chi connectivity index (χ1) is 10.6. The van der Waals surface area contributed by atoms with Crippen LogP contribution in [0.1, 0.15) is 18.4 Å². The Balaban J connectivity index is 1.53. The van der Waals surface area contributed by atoms with Crippen LogP contribution >= 0.6 is 0 Å². The Bertz CT molecular complexity index is 610. The summed E-state index contributed by atoms with van der Waals surface area (Å²) in [6.45, 7) is 0.0635. The van der Waals surface area contributed by atoms with E-state index in [0.717, 1.165) is 18.4 Å². The predicted molar refractivity (Wildman–Crippen MR) is 80.3 cm³/mol. The smallest absolute Gasteiger partial charge is 0.341 e. The topological polar surface area (TPSA) is 75.6 Å². The van der Waals surface area contributed by atoms with Crippen molar-refractivity contribution in [1.82, 2.24) is 5.32 Å². The molecular formula is C17H19NO4. The number of rotatable bonds is 6. The molecule has 2 bridgehead atoms. The third kappa shape index (κ3) is 3.30. The summed E-state index contributed by atoms with van der Waals surface area (Å²) in [6, 6.07) is 7.13. The first kappa shape index (κ1) is 14.6. The van der Waals surface area contributed by atoms with Gasteiger partial charge in [-0.05, 0) is 42.4 Å². The van der Waals surface area contributed by atoms with Gasteiger partial charge in [-0.15, -0.1) is 0 Å². The van der Waals surface area contributed by atoms with Crippen LogP contribution in [-0.4, -0.2) is 23.6 Å². The predicted octanol–water partition coefficient (Wildman–Crippen LogP) is 1.98. The zero-order chi connectivity index (χ0) is 15.5. The van der Waals surface area contributed by atoms with E-state index in [0.29, 0.717) is 24.1 Å². The number of carbonyl (C=O) groups excluding carboxylic acids is 1. The Morgan fingerprint density at radius 3 is 2.82 bits per heavy atom. The van der Waals surface area contributed by atoms with Crippen LogP contribution in [0.25, 0.3) is 0 Å². The summed E-state index contributed by atoms with van der Waals surface area (Å²) in [7, 11) is 0. The lowest BCUT2D eigenvalue weighted by molar-refractivity contribution is -0.139. The van der Waals surface area contributed by atoms with Gasteiger partial charge in [0.1, 0.15) is 5.75 Å². The Morgan fingerprint density at radius 1 is 1.27 bits per heavy atom. The number of benzene rings is 1. The van der Waals surface area contributed by atoms with E-state index in [1.54, 1.807) is 18.2 Å². The minimum absolute atomic E-state index is 0.0986. The molecule has 0 saturated heterocycles. The highest BCUT2D eigenvalue weighted by molar-refractivity contribution is 5.80. The van der Waals surface area contributed by atoms with E-state index >= 15 is 0 Å². The molecule has 0 radical (unpaired) electrons. The lowest BCUT2D eigenvalue weighted by Gasteiger charge is -2.17. The van der Waals surface area contributed by atoms with E-state index in [4.69, 9.17) is 9.84 Å². The van der Waals surface area contributed by atoms with Crippen LogP contribution in [0.4, 0.5) is 0 Å². The Morgan fingerprint density at radius 2 is 2.14 bits per heavy atom. The molecule has 1 aromatic rings. The third-order valence-electron chi connectivity index (χ3n) is 4.34. The summed E-state index contributed by atoms with van der Waals surface area (Å²) in [5, 5.41) is 11.6. The van der Waals surface area contributed by atoms with Crippen molar-refractivity contribution in [3.63, 3.8) is 0 Å². The van der Waals surface area contributed by atoms with Crippen molar-refractivity contribution in [3.05, 3.63) is 42.0 Å². The Labute approximate surface area is 129 Å². The van der Waals surface area contributed by atoms with E-state index in [2.05, 4.69) is 17.5 Å². The summed E-state index contributed by atoms with van der Waals surface area (Å²) in [5.41, 5.74) is 0.898. The number of amides is 1. The first-order valence-corrected chi connectivity index (χ1v) is 7.51. The molecule has 3 unspecified atom stereocenters. The van der Waals surface area contributed by atoms with Crippen molar-refractivity contribution in [3.8, 4) is 5.75 Å². The molecule has 0 heterocycles. The minimum atomic E-state index is -1.01. The van der Waals surface area contributed by atoms with Crippen LogP contribution in [0, 0.1) is 17.8 Å². The van der Waals surface area contributed by atoms with Crippen LogP contribution in [0.5, 0.6) is 5.75 Å². The lowest BCUT2D eigenvalue weighted by Crippen LogP contribution is -2.32. The van der Waals surface area contributed by atoms with Crippen molar-refractivity contribution in [2.24, 2.45) is 17.8 Å². The number of carboxylic acids is 1. The molecule has 1 saturated carbocycles. The average molecular weight is 301 g/mol. The number of aliphatic carboxylic acids is 1.